The van der Waals surface area contributed by atoms with Crippen molar-refractivity contribution in [1.82, 2.24) is 0 Å². The van der Waals surface area contributed by atoms with Crippen molar-refractivity contribution in [2.75, 3.05) is 4.90 Å². The van der Waals surface area contributed by atoms with E-state index in [9.17, 15) is 14.9 Å². The van der Waals surface area contributed by atoms with Crippen LogP contribution in [0.25, 0.3) is 6.08 Å². The molecule has 0 aliphatic carbocycles. The van der Waals surface area contributed by atoms with Crippen LogP contribution in [0.4, 0.5) is 16.2 Å². The molecular formula is C19H16N2O5. The second kappa shape index (κ2) is 5.32. The molecule has 1 saturated heterocycles. The van der Waals surface area contributed by atoms with Crippen LogP contribution in [0.3, 0.4) is 0 Å². The fraction of sp³-hybridized carbons (Fsp3) is 0.211. The third-order valence-corrected chi connectivity index (χ3v) is 4.70. The molecule has 132 valence electrons. The smallest absolute Gasteiger partial charge is 0.418 e. The van der Waals surface area contributed by atoms with E-state index in [4.69, 9.17) is 9.47 Å². The Morgan fingerprint density at radius 3 is 2.46 bits per heavy atom. The zero-order chi connectivity index (χ0) is 18.5. The Morgan fingerprint density at radius 2 is 1.77 bits per heavy atom. The number of hydrogen-bond donors (Lipinski definition) is 0. The fourth-order valence-corrected chi connectivity index (χ4v) is 3.38. The number of para-hydroxylation sites is 2. The van der Waals surface area contributed by atoms with Crippen molar-refractivity contribution in [3.63, 3.8) is 0 Å². The zero-order valence-electron chi connectivity index (χ0n) is 14.2. The number of nitro groups is 1. The van der Waals surface area contributed by atoms with Gasteiger partial charge in [0, 0.05) is 11.6 Å². The SMILES string of the molecule is CC1(C)OC(=O)N(c2ccccc2)C12C=Cc1cccc([N+](=O)[O-])c1O2. The molecule has 2 aliphatic heterocycles. The number of amides is 1. The number of nitro benzene ring substituents is 1. The number of fused-ring (bicyclic) bond motifs is 1. The van der Waals surface area contributed by atoms with Gasteiger partial charge < -0.3 is 9.47 Å². The molecule has 0 bridgehead atoms. The van der Waals surface area contributed by atoms with Crippen molar-refractivity contribution in [2.45, 2.75) is 25.2 Å². The maximum atomic E-state index is 12.7. The number of cyclic esters (lactones) is 1. The highest BCUT2D eigenvalue weighted by atomic mass is 16.7. The Hall–Kier alpha value is -3.35. The molecular weight excluding hydrogens is 336 g/mol. The lowest BCUT2D eigenvalue weighted by Crippen LogP contribution is -2.60. The van der Waals surface area contributed by atoms with Gasteiger partial charge in [-0.05, 0) is 38.1 Å². The summed E-state index contributed by atoms with van der Waals surface area (Å²) in [5.41, 5.74) is -1.42. The maximum Gasteiger partial charge on any atom is 0.418 e. The molecule has 1 fully saturated rings. The van der Waals surface area contributed by atoms with Crippen molar-refractivity contribution >= 4 is 23.5 Å². The van der Waals surface area contributed by atoms with Crippen LogP contribution in [0.15, 0.2) is 54.6 Å². The molecule has 0 saturated carbocycles. The van der Waals surface area contributed by atoms with E-state index in [0.717, 1.165) is 0 Å². The van der Waals surface area contributed by atoms with Crippen LogP contribution in [-0.2, 0) is 4.74 Å². The van der Waals surface area contributed by atoms with Gasteiger partial charge in [-0.2, -0.15) is 0 Å². The van der Waals surface area contributed by atoms with E-state index >= 15 is 0 Å². The van der Waals surface area contributed by atoms with E-state index in [1.165, 1.54) is 11.0 Å². The predicted octanol–water partition coefficient (Wildman–Crippen LogP) is 4.13. The molecule has 0 aromatic heterocycles. The van der Waals surface area contributed by atoms with E-state index in [1.807, 2.05) is 6.07 Å². The van der Waals surface area contributed by atoms with Crippen molar-refractivity contribution in [3.05, 3.63) is 70.3 Å². The van der Waals surface area contributed by atoms with E-state index in [1.54, 1.807) is 62.4 Å². The summed E-state index contributed by atoms with van der Waals surface area (Å²) in [4.78, 5) is 25.0. The molecule has 1 unspecified atom stereocenters. The first-order valence-electron chi connectivity index (χ1n) is 8.10. The van der Waals surface area contributed by atoms with Crippen LogP contribution in [0, 0.1) is 10.1 Å². The molecule has 1 atom stereocenters. The van der Waals surface area contributed by atoms with Crippen LogP contribution < -0.4 is 9.64 Å². The van der Waals surface area contributed by atoms with Crippen molar-refractivity contribution in [1.29, 1.82) is 0 Å². The number of carbonyl (C=O) groups excluding carboxylic acids is 1. The van der Waals surface area contributed by atoms with Gasteiger partial charge in [-0.15, -0.1) is 0 Å². The molecule has 2 aromatic carbocycles. The van der Waals surface area contributed by atoms with Gasteiger partial charge in [0.1, 0.15) is 0 Å². The molecule has 2 aromatic rings. The number of carbonyl (C=O) groups is 1. The van der Waals surface area contributed by atoms with Crippen molar-refractivity contribution in [2.24, 2.45) is 0 Å². The summed E-state index contributed by atoms with van der Waals surface area (Å²) in [6.45, 7) is 3.44. The van der Waals surface area contributed by atoms with Gasteiger partial charge in [-0.1, -0.05) is 30.3 Å². The molecule has 1 spiro atoms. The number of nitrogens with zero attached hydrogens (tertiary/aromatic N) is 2. The molecule has 26 heavy (non-hydrogen) atoms. The van der Waals surface area contributed by atoms with E-state index in [0.29, 0.717) is 11.3 Å². The lowest BCUT2D eigenvalue weighted by atomic mass is 9.90. The molecule has 2 heterocycles. The highest BCUT2D eigenvalue weighted by Gasteiger charge is 2.63. The van der Waals surface area contributed by atoms with E-state index in [-0.39, 0.29) is 11.4 Å². The summed E-state index contributed by atoms with van der Waals surface area (Å²) in [6.07, 6.45) is 2.87. The summed E-state index contributed by atoms with van der Waals surface area (Å²) in [7, 11) is 0. The highest BCUT2D eigenvalue weighted by Crippen LogP contribution is 2.49. The van der Waals surface area contributed by atoms with Gasteiger partial charge in [-0.25, -0.2) is 9.69 Å². The molecule has 4 rings (SSSR count). The Kier molecular flexibility index (Phi) is 3.30. The number of ether oxygens (including phenoxy) is 2. The lowest BCUT2D eigenvalue weighted by Gasteiger charge is -2.42. The number of hydrogen-bond acceptors (Lipinski definition) is 5. The lowest BCUT2D eigenvalue weighted by molar-refractivity contribution is -0.386. The molecule has 2 aliphatic rings. The summed E-state index contributed by atoms with van der Waals surface area (Å²) in [5.74, 6) is 0.118. The molecule has 0 N–H and O–H groups in total. The normalized spacial score (nSPS) is 22.7. The number of anilines is 1. The van der Waals surface area contributed by atoms with Gasteiger partial charge >= 0.3 is 11.8 Å². The molecule has 0 radical (unpaired) electrons. The molecule has 7 heteroatoms. The van der Waals surface area contributed by atoms with Crippen LogP contribution in [-0.4, -0.2) is 22.3 Å². The van der Waals surface area contributed by atoms with Gasteiger partial charge in [0.2, 0.25) is 5.75 Å². The first-order valence-corrected chi connectivity index (χ1v) is 8.10. The standard InChI is InChI=1S/C19H16N2O5/c1-18(2)19(20(17(22)26-18)14-8-4-3-5-9-14)12-11-13-7-6-10-15(21(23)24)16(13)25-19/h3-12H,1-2H3. The Balaban J connectivity index is 1.92. The Bertz CT molecular complexity index is 938. The number of rotatable bonds is 2. The average Bonchev–Trinajstić information content (AvgIpc) is 2.79. The topological polar surface area (TPSA) is 81.9 Å². The van der Waals surface area contributed by atoms with Crippen molar-refractivity contribution < 1.29 is 19.2 Å². The van der Waals surface area contributed by atoms with E-state index in [2.05, 4.69) is 0 Å². The predicted molar refractivity (Wildman–Crippen MR) is 95.0 cm³/mol. The molecule has 7 nitrogen and oxygen atoms in total. The minimum Gasteiger partial charge on any atom is -0.452 e. The van der Waals surface area contributed by atoms with Gasteiger partial charge in [0.15, 0.2) is 5.60 Å². The third kappa shape index (κ3) is 2.10. The first kappa shape index (κ1) is 16.1. The minimum atomic E-state index is -1.34. The van der Waals surface area contributed by atoms with Gasteiger partial charge in [0.05, 0.1) is 10.6 Å². The highest BCUT2D eigenvalue weighted by molar-refractivity contribution is 5.94. The Morgan fingerprint density at radius 1 is 1.04 bits per heavy atom. The summed E-state index contributed by atoms with van der Waals surface area (Å²) < 4.78 is 11.7. The maximum absolute atomic E-state index is 12.7. The third-order valence-electron chi connectivity index (χ3n) is 4.70. The van der Waals surface area contributed by atoms with Crippen LogP contribution >= 0.6 is 0 Å². The minimum absolute atomic E-state index is 0.118. The first-order chi connectivity index (χ1) is 12.4. The second-order valence-corrected chi connectivity index (χ2v) is 6.63. The zero-order valence-corrected chi connectivity index (χ0v) is 14.2. The van der Waals surface area contributed by atoms with Gasteiger partial charge in [-0.3, -0.25) is 10.1 Å². The molecule has 1 amide bonds. The van der Waals surface area contributed by atoms with Crippen LogP contribution in [0.1, 0.15) is 19.4 Å². The van der Waals surface area contributed by atoms with Crippen molar-refractivity contribution in [3.8, 4) is 5.75 Å². The summed E-state index contributed by atoms with van der Waals surface area (Å²) in [5, 5.41) is 11.4. The second-order valence-electron chi connectivity index (χ2n) is 6.63. The fourth-order valence-electron chi connectivity index (χ4n) is 3.38. The van der Waals surface area contributed by atoms with Crippen LogP contribution in [0.2, 0.25) is 0 Å². The average molecular weight is 352 g/mol. The van der Waals surface area contributed by atoms with Crippen LogP contribution in [0.5, 0.6) is 5.75 Å². The summed E-state index contributed by atoms with van der Waals surface area (Å²) >= 11 is 0. The Labute approximate surface area is 149 Å². The number of benzene rings is 2. The van der Waals surface area contributed by atoms with E-state index < -0.39 is 22.3 Å². The largest absolute Gasteiger partial charge is 0.452 e. The van der Waals surface area contributed by atoms with Gasteiger partial charge in [0.25, 0.3) is 5.72 Å². The quantitative estimate of drug-likeness (QED) is 0.599. The summed E-state index contributed by atoms with van der Waals surface area (Å²) in [6, 6.07) is 13.6. The monoisotopic (exact) mass is 352 g/mol.